The summed E-state index contributed by atoms with van der Waals surface area (Å²) in [7, 11) is 1.34. The molecule has 6 saturated carbocycles. The minimum atomic E-state index is -1.15. The van der Waals surface area contributed by atoms with Crippen LogP contribution in [0, 0.1) is 69.0 Å². The van der Waals surface area contributed by atoms with E-state index in [9.17, 15) is 43.5 Å². The predicted molar refractivity (Wildman–Crippen MR) is 501 cm³/mol. The Hall–Kier alpha value is -8.79. The van der Waals surface area contributed by atoms with Crippen molar-refractivity contribution in [1.82, 2.24) is 40.0 Å². The summed E-state index contributed by atoms with van der Waals surface area (Å²) in [5.41, 5.74) is -1.16. The molecule has 3 amide bonds. The number of likely N-dealkylation sites (tertiary alicyclic amines) is 2. The second-order valence-corrected chi connectivity index (χ2v) is 44.4. The number of carbonyl (C=O) groups is 9. The van der Waals surface area contributed by atoms with Gasteiger partial charge >= 0.3 is 30.0 Å². The molecule has 6 aliphatic carbocycles. The van der Waals surface area contributed by atoms with Crippen molar-refractivity contribution in [3.05, 3.63) is 57.2 Å². The topological polar surface area (TPSA) is 364 Å². The summed E-state index contributed by atoms with van der Waals surface area (Å²) in [6.45, 7) is 32.3. The van der Waals surface area contributed by atoms with E-state index < -0.39 is 99.4 Å². The Balaban J connectivity index is 0.000000203. The van der Waals surface area contributed by atoms with Crippen molar-refractivity contribution in [1.29, 1.82) is 0 Å². The van der Waals surface area contributed by atoms with Gasteiger partial charge in [-0.05, 0) is 170 Å². The lowest BCUT2D eigenvalue weighted by Crippen LogP contribution is -2.52. The molecule has 10 fully saturated rings. The fourth-order valence-electron chi connectivity index (χ4n) is 20.4. The zero-order valence-corrected chi connectivity index (χ0v) is 81.9. The summed E-state index contributed by atoms with van der Waals surface area (Å²) in [5, 5.41) is 27.3. The van der Waals surface area contributed by atoms with Gasteiger partial charge in [-0.1, -0.05) is 91.4 Å². The summed E-state index contributed by atoms with van der Waals surface area (Å²) in [5.74, 6) is -1.13. The molecule has 0 radical (unpaired) electrons. The van der Waals surface area contributed by atoms with Gasteiger partial charge in [-0.2, -0.15) is 0 Å². The first-order valence-electron chi connectivity index (χ1n) is 47.2. The van der Waals surface area contributed by atoms with E-state index in [1.54, 1.807) is 40.1 Å². The van der Waals surface area contributed by atoms with Gasteiger partial charge in [-0.25, -0.2) is 24.7 Å². The van der Waals surface area contributed by atoms with E-state index in [1.807, 2.05) is 121 Å². The predicted octanol–water partition coefficient (Wildman–Crippen LogP) is 16.5. The van der Waals surface area contributed by atoms with Crippen LogP contribution < -0.4 is 34.9 Å². The Morgan fingerprint density at radius 2 is 1.02 bits per heavy atom. The maximum absolute atomic E-state index is 15.1. The number of benzene rings is 2. The first-order chi connectivity index (χ1) is 62.6. The Kier molecular flexibility index (Phi) is 29.5. The lowest BCUT2D eigenvalue weighted by Gasteiger charge is -2.36. The number of carbonyl (C=O) groups excluding carboxylic acids is 8. The molecule has 0 bridgehead atoms. The number of nitrogens with one attached hydrogen (secondary N) is 3. The van der Waals surface area contributed by atoms with Gasteiger partial charge < -0.3 is 78.2 Å². The van der Waals surface area contributed by atoms with E-state index in [0.717, 1.165) is 37.4 Å². The molecule has 6 aromatic rings. The Morgan fingerprint density at radius 3 is 1.44 bits per heavy atom. The van der Waals surface area contributed by atoms with E-state index in [0.29, 0.717) is 160 Å². The van der Waals surface area contributed by atoms with Crippen LogP contribution in [0.1, 0.15) is 207 Å². The van der Waals surface area contributed by atoms with E-state index >= 15 is 4.79 Å². The third-order valence-electron chi connectivity index (χ3n) is 28.1. The SMILES string of the molecule is CC[C@@H]1C[C@]1(CC(=O)[C@@H]1C[C@@H](Oc2cc(-c3csc(NC(C)C)n3)nc3c(Cl)c(OC[C@H]4COCCN4)ccc23)CN1C(=O)[C@@H](CC(=O)OC1C[C@@H]2C[C@@H]2C1)C(C)(C)C)C(=O)O.CC[C@@H]1C[C@]1(CC(=O)[C@@H]1C[C@@H](Oc2cc(-c3csc(NC(C)C)n3)nc3c(Cl)c(OC[C@H]4COCCN4C(=O)OC(C)(C)C)ccc23)CN1C(=O)[C@@H](CC(=O)OC1C[C@@H]2C[C@@H]2C1)C(C)(C)C)C(=O)OC. The number of methoxy groups -OCH3 is 1. The highest BCUT2D eigenvalue weighted by Crippen LogP contribution is 2.60. The van der Waals surface area contributed by atoms with E-state index in [-0.39, 0.29) is 135 Å². The molecule has 18 atom stereocenters. The van der Waals surface area contributed by atoms with Crippen molar-refractivity contribution in [2.45, 2.75) is 273 Å². The second kappa shape index (κ2) is 39.9. The molecule has 2 unspecified atom stereocenters. The minimum absolute atomic E-state index is 0.00117. The van der Waals surface area contributed by atoms with Gasteiger partial charge in [0.2, 0.25) is 11.8 Å². The van der Waals surface area contributed by atoms with Gasteiger partial charge in [-0.15, -0.1) is 22.7 Å². The molecular weight excluding hydrogens is 1770 g/mol. The third kappa shape index (κ3) is 22.5. The number of halogens is 2. The number of fused-ring (bicyclic) bond motifs is 4. The largest absolute Gasteiger partial charge is 0.490 e. The Labute approximate surface area is 790 Å². The first-order valence-corrected chi connectivity index (χ1v) is 49.7. The molecule has 10 aliphatic rings. The van der Waals surface area contributed by atoms with Crippen molar-refractivity contribution >= 4 is 131 Å². The average Bonchev–Trinajstić information content (AvgIpc) is 1.58. The molecule has 0 spiro atoms. The number of hydrogen-bond acceptors (Lipinski definition) is 28. The quantitative estimate of drug-likeness (QED) is 0.0215. The number of carboxylic acids is 1. The Bertz CT molecular complexity index is 5280. The molecule has 30 nitrogen and oxygen atoms in total. The molecule has 34 heteroatoms. The van der Waals surface area contributed by atoms with E-state index in [2.05, 4.69) is 16.0 Å². The van der Waals surface area contributed by atoms with Crippen LogP contribution in [0.4, 0.5) is 15.1 Å². The van der Waals surface area contributed by atoms with Crippen LogP contribution in [0.15, 0.2) is 47.2 Å². The van der Waals surface area contributed by atoms with Crippen molar-refractivity contribution < 1.29 is 95.6 Å². The number of morpholine rings is 2. The number of carboxylic acid groups (broad SMARTS) is 1. The summed E-state index contributed by atoms with van der Waals surface area (Å²) in [6, 6.07) is 8.68. The number of pyridine rings is 2. The number of Topliss-reactive ketones (excluding diaryl/α,β-unsaturated/α-hetero) is 2. The number of aromatic nitrogens is 4. The number of amides is 3. The first kappa shape index (κ1) is 97.7. The zero-order chi connectivity index (χ0) is 94.5. The number of nitrogens with zero attached hydrogens (tertiary/aromatic N) is 7. The van der Waals surface area contributed by atoms with Gasteiger partial charge in [0.1, 0.15) is 87.7 Å². The lowest BCUT2D eigenvalue weighted by atomic mass is 9.77. The molecule has 2 aromatic carbocycles. The maximum Gasteiger partial charge on any atom is 0.410 e. The van der Waals surface area contributed by atoms with Crippen molar-refractivity contribution in [3.8, 4) is 45.8 Å². The van der Waals surface area contributed by atoms with E-state index in [1.165, 1.54) is 47.5 Å². The monoisotopic (exact) mass is 1900 g/mol. The molecular formula is C98H130Cl2N10O20S2. The van der Waals surface area contributed by atoms with Crippen LogP contribution in [-0.4, -0.2) is 232 Å². The van der Waals surface area contributed by atoms with E-state index in [4.69, 9.17) is 90.5 Å². The summed E-state index contributed by atoms with van der Waals surface area (Å²) < 4.78 is 60.4. The van der Waals surface area contributed by atoms with Gasteiger partial charge in [0.25, 0.3) is 0 Å². The number of hydrogen-bond donors (Lipinski definition) is 4. The molecule has 4 aromatic heterocycles. The second-order valence-electron chi connectivity index (χ2n) is 41.9. The van der Waals surface area contributed by atoms with Crippen molar-refractivity contribution in [2.24, 2.45) is 69.0 Å². The van der Waals surface area contributed by atoms with Crippen molar-refractivity contribution in [3.63, 3.8) is 0 Å². The number of ether oxygens (including phenoxy) is 10. The highest BCUT2D eigenvalue weighted by molar-refractivity contribution is 7.14. The molecule has 132 heavy (non-hydrogen) atoms. The number of ketones is 2. The van der Waals surface area contributed by atoms with Crippen LogP contribution in [0.2, 0.25) is 10.0 Å². The van der Waals surface area contributed by atoms with Crippen molar-refractivity contribution in [2.75, 3.05) is 83.6 Å². The third-order valence-corrected chi connectivity index (χ3v) is 30.3. The fourth-order valence-corrected chi connectivity index (χ4v) is 22.6. The highest BCUT2D eigenvalue weighted by Gasteiger charge is 2.63. The van der Waals surface area contributed by atoms with Gasteiger partial charge in [-0.3, -0.25) is 43.3 Å². The number of rotatable bonds is 34. The van der Waals surface area contributed by atoms with Gasteiger partial charge in [0, 0.05) is 84.5 Å². The molecule has 16 rings (SSSR count). The number of thiazole rings is 2. The molecule has 4 saturated heterocycles. The number of anilines is 2. The van der Waals surface area contributed by atoms with Gasteiger partial charge in [0.15, 0.2) is 21.8 Å². The summed E-state index contributed by atoms with van der Waals surface area (Å²) in [6.07, 6.45) is 5.80. The van der Waals surface area contributed by atoms with Crippen LogP contribution in [0.25, 0.3) is 44.6 Å². The Morgan fingerprint density at radius 1 is 0.568 bits per heavy atom. The van der Waals surface area contributed by atoms with Crippen LogP contribution >= 0.6 is 45.9 Å². The minimum Gasteiger partial charge on any atom is -0.490 e. The molecule has 8 heterocycles. The fraction of sp³-hybridized carbons (Fsp3) is 0.663. The zero-order valence-electron chi connectivity index (χ0n) is 78.8. The van der Waals surface area contributed by atoms with Gasteiger partial charge in [0.05, 0.1) is 129 Å². The maximum atomic E-state index is 15.1. The highest BCUT2D eigenvalue weighted by atomic mass is 35.5. The summed E-state index contributed by atoms with van der Waals surface area (Å²) >= 11 is 17.2. The normalized spacial score (nSPS) is 27.5. The smallest absolute Gasteiger partial charge is 0.410 e. The molecule has 4 N–H and O–H groups in total. The van der Waals surface area contributed by atoms with Crippen LogP contribution in [0.5, 0.6) is 23.0 Å². The van der Waals surface area contributed by atoms with Crippen LogP contribution in [-0.2, 0) is 66.8 Å². The average molecular weight is 1900 g/mol. The standard InChI is InChI=1S/C52H70ClN5O11S.C46H60ClN5O9S/c1-11-31-22-52(31,47(62)64-10)23-40(59)39-19-34(24-58(39)46(61)36(50(4,5)6)20-43(60)68-33-17-29-16-30(29)18-33)67-42-21-37(38-27-70-48(56-38)54-28(2)3)55-45-35(42)12-13-41(44(45)53)66-26-32-25-65-15-14-57(32)49(63)69-51(7,8)9;1-7-27-18-46(27,43(56)57)19-36(53)35-15-30(20-52(35)42(55)32(45(4,5)6)16-39(54)61-29-13-25-12-26(25)14-29)60-38-17-33(34-23-62-44(51-34)49-24(2)3)50-41-31(38)8-9-37(40(41)47)59-22-28-21-58-11-10-48-28/h12-13,21,27-34,36,39H,11,14-20,22-26H2,1-10H3,(H,54,56);8-9,17,23-30,32,35,48H,7,10-16,18-22H2,1-6H3,(H,49,51)(H,56,57)/t29-,30+,31-,32-,33?,34-,36-,39+,52-;25-,26+,27-,28-,29?,30-,32-,35+,46-/m11/s1. The summed E-state index contributed by atoms with van der Waals surface area (Å²) in [4.78, 5) is 150. The number of esters is 3. The number of aliphatic carboxylic acids is 1. The van der Waals surface area contributed by atoms with Crippen LogP contribution in [0.3, 0.4) is 0 Å². The molecule has 718 valence electrons. The lowest BCUT2D eigenvalue weighted by molar-refractivity contribution is -0.157. The molecule has 4 aliphatic heterocycles.